The van der Waals surface area contributed by atoms with Crippen molar-refractivity contribution < 1.29 is 19.7 Å². The highest BCUT2D eigenvalue weighted by Gasteiger charge is 2.22. The lowest BCUT2D eigenvalue weighted by atomic mass is 10.1. The third-order valence-electron chi connectivity index (χ3n) is 4.46. The molecule has 0 aliphatic heterocycles. The molecule has 0 bridgehead atoms. The monoisotopic (exact) mass is 386 g/mol. The van der Waals surface area contributed by atoms with Gasteiger partial charge in [-0.25, -0.2) is 9.97 Å². The Morgan fingerprint density at radius 3 is 2.71 bits per heavy atom. The molecule has 1 aromatic carbocycles. The Balaban J connectivity index is 2.20. The number of nitrogens with zero attached hydrogens (tertiary/aromatic N) is 3. The summed E-state index contributed by atoms with van der Waals surface area (Å²) in [5, 5.41) is 20.2. The summed E-state index contributed by atoms with van der Waals surface area (Å²) in [4.78, 5) is 20.0. The van der Waals surface area contributed by atoms with Crippen molar-refractivity contribution in [3.8, 4) is 0 Å². The van der Waals surface area contributed by atoms with Gasteiger partial charge < -0.3 is 25.3 Å². The van der Waals surface area contributed by atoms with E-state index >= 15 is 0 Å². The average Bonchev–Trinajstić information content (AvgIpc) is 2.95. The zero-order chi connectivity index (χ0) is 20.5. The fraction of sp³-hybridized carbons (Fsp3) is 0.450. The molecule has 4 N–H and O–H groups in total. The van der Waals surface area contributed by atoms with Crippen LogP contribution in [-0.4, -0.2) is 42.9 Å². The molecule has 0 aliphatic rings. The first-order chi connectivity index (χ1) is 13.2. The third-order valence-corrected chi connectivity index (χ3v) is 4.46. The van der Waals surface area contributed by atoms with Crippen molar-refractivity contribution in [3.05, 3.63) is 29.6 Å². The number of pyridine rings is 1. The zero-order valence-corrected chi connectivity index (χ0v) is 16.4. The first-order valence-corrected chi connectivity index (χ1v) is 9.28. The molecule has 0 radical (unpaired) electrons. The maximum atomic E-state index is 10.8. The molecule has 3 rings (SSSR count). The molecule has 0 aliphatic carbocycles. The number of ether oxygens (including phenoxy) is 1. The molecule has 28 heavy (non-hydrogen) atoms. The molecule has 0 spiro atoms. The summed E-state index contributed by atoms with van der Waals surface area (Å²) in [7, 11) is 0. The number of imidazole rings is 1. The smallest absolute Gasteiger partial charge is 0.303 e. The highest BCUT2D eigenvalue weighted by atomic mass is 16.5. The maximum Gasteiger partial charge on any atom is 0.303 e. The number of aliphatic hydroxyl groups is 1. The Morgan fingerprint density at radius 2 is 2.07 bits per heavy atom. The molecule has 3 aromatic rings. The molecule has 0 unspecified atom stereocenters. The minimum absolute atomic E-state index is 0.0539. The normalized spacial score (nSPS) is 12.1. The summed E-state index contributed by atoms with van der Waals surface area (Å²) in [5.41, 5.74) is 8.15. The number of aliphatic carboxylic acids is 1. The van der Waals surface area contributed by atoms with Gasteiger partial charge in [0.1, 0.15) is 17.9 Å². The fourth-order valence-corrected chi connectivity index (χ4v) is 3.27. The van der Waals surface area contributed by atoms with E-state index in [1.807, 2.05) is 29.7 Å². The highest BCUT2D eigenvalue weighted by molar-refractivity contribution is 6.06. The number of rotatable bonds is 8. The van der Waals surface area contributed by atoms with Crippen LogP contribution in [0.15, 0.2) is 18.2 Å². The Morgan fingerprint density at radius 1 is 1.32 bits per heavy atom. The molecular formula is C20H26N4O4. The molecule has 150 valence electrons. The van der Waals surface area contributed by atoms with Crippen LogP contribution in [0.25, 0.3) is 21.9 Å². The number of nitrogens with two attached hydrogens (primary N) is 1. The lowest BCUT2D eigenvalue weighted by Gasteiger charge is -2.20. The van der Waals surface area contributed by atoms with E-state index in [9.17, 15) is 9.90 Å². The Bertz CT molecular complexity index is 1020. The van der Waals surface area contributed by atoms with Crippen LogP contribution >= 0.6 is 0 Å². The summed E-state index contributed by atoms with van der Waals surface area (Å²) in [6, 6.07) is 5.66. The molecule has 8 heteroatoms. The van der Waals surface area contributed by atoms with Crippen LogP contribution in [0.5, 0.6) is 0 Å². The molecule has 0 amide bonds. The van der Waals surface area contributed by atoms with Crippen molar-refractivity contribution in [3.63, 3.8) is 0 Å². The predicted molar refractivity (Wildman–Crippen MR) is 107 cm³/mol. The van der Waals surface area contributed by atoms with Gasteiger partial charge in [-0.05, 0) is 38.8 Å². The van der Waals surface area contributed by atoms with Gasteiger partial charge in [0, 0.05) is 18.4 Å². The Labute approximate surface area is 163 Å². The largest absolute Gasteiger partial charge is 0.481 e. The van der Waals surface area contributed by atoms with Gasteiger partial charge in [0.05, 0.1) is 23.2 Å². The number of aromatic nitrogens is 3. The second-order valence-electron chi connectivity index (χ2n) is 7.50. The Kier molecular flexibility index (Phi) is 5.53. The number of hydrogen-bond donors (Lipinski definition) is 3. The molecule has 0 atom stereocenters. The number of nitrogen functional groups attached to an aromatic ring is 1. The van der Waals surface area contributed by atoms with Gasteiger partial charge >= 0.3 is 5.97 Å². The van der Waals surface area contributed by atoms with Crippen LogP contribution in [0.4, 0.5) is 5.82 Å². The van der Waals surface area contributed by atoms with E-state index in [1.165, 1.54) is 0 Å². The van der Waals surface area contributed by atoms with Crippen molar-refractivity contribution in [1.82, 2.24) is 14.5 Å². The van der Waals surface area contributed by atoms with Gasteiger partial charge in [-0.2, -0.15) is 0 Å². The lowest BCUT2D eigenvalue weighted by Crippen LogP contribution is -2.27. The van der Waals surface area contributed by atoms with Crippen molar-refractivity contribution in [2.75, 3.05) is 12.3 Å². The Hall–Kier alpha value is -2.71. The molecule has 0 saturated heterocycles. The van der Waals surface area contributed by atoms with Gasteiger partial charge in [0.15, 0.2) is 5.82 Å². The van der Waals surface area contributed by atoms with E-state index in [1.54, 1.807) is 13.8 Å². The van der Waals surface area contributed by atoms with Crippen molar-refractivity contribution in [2.24, 2.45) is 0 Å². The first kappa shape index (κ1) is 20.0. The van der Waals surface area contributed by atoms with E-state index in [2.05, 4.69) is 9.97 Å². The molecule has 0 fully saturated rings. The van der Waals surface area contributed by atoms with Crippen molar-refractivity contribution in [1.29, 1.82) is 0 Å². The van der Waals surface area contributed by atoms with Crippen molar-refractivity contribution >= 4 is 33.7 Å². The molecule has 8 nitrogen and oxygen atoms in total. The van der Waals surface area contributed by atoms with Crippen molar-refractivity contribution in [2.45, 2.75) is 52.4 Å². The highest BCUT2D eigenvalue weighted by Crippen LogP contribution is 2.31. The summed E-state index contributed by atoms with van der Waals surface area (Å²) in [6.07, 6.45) is 0.474. The lowest BCUT2D eigenvalue weighted by molar-refractivity contribution is -0.136. The quantitative estimate of drug-likeness (QED) is 0.543. The van der Waals surface area contributed by atoms with Gasteiger partial charge in [0.25, 0.3) is 0 Å². The SMILES string of the molecule is CCOCc1nc2c(N)nc3cc(CCC(=O)O)ccc3c2n1CC(C)(C)O. The summed E-state index contributed by atoms with van der Waals surface area (Å²) in [6.45, 7) is 6.56. The average molecular weight is 386 g/mol. The van der Waals surface area contributed by atoms with E-state index in [0.29, 0.717) is 48.9 Å². The van der Waals surface area contributed by atoms with Crippen LogP contribution in [-0.2, 0) is 29.1 Å². The van der Waals surface area contributed by atoms with Gasteiger partial charge in [-0.3, -0.25) is 4.79 Å². The third kappa shape index (κ3) is 4.23. The van der Waals surface area contributed by atoms with E-state index in [-0.39, 0.29) is 6.42 Å². The number of carboxylic acids is 1. The maximum absolute atomic E-state index is 10.8. The topological polar surface area (TPSA) is 123 Å². The number of hydrogen-bond acceptors (Lipinski definition) is 6. The standard InChI is InChI=1S/C20H26N4O4/c1-4-28-10-15-23-17-18(24(15)11-20(2,3)27)13-7-5-12(6-8-16(25)26)9-14(13)22-19(17)21/h5,7,9,27H,4,6,8,10-11H2,1-3H3,(H2,21,22)(H,25,26). The number of fused-ring (bicyclic) bond motifs is 3. The summed E-state index contributed by atoms with van der Waals surface area (Å²) >= 11 is 0. The van der Waals surface area contributed by atoms with E-state index < -0.39 is 11.6 Å². The number of aryl methyl sites for hydroxylation is 1. The van der Waals surface area contributed by atoms with Gasteiger partial charge in [-0.1, -0.05) is 12.1 Å². The van der Waals surface area contributed by atoms with Crippen LogP contribution in [0, 0.1) is 0 Å². The van der Waals surface area contributed by atoms with E-state index in [0.717, 1.165) is 16.5 Å². The molecule has 0 saturated carbocycles. The fourth-order valence-electron chi connectivity index (χ4n) is 3.27. The molecular weight excluding hydrogens is 360 g/mol. The van der Waals surface area contributed by atoms with Crippen LogP contribution in [0.1, 0.15) is 38.6 Å². The first-order valence-electron chi connectivity index (χ1n) is 9.28. The number of benzene rings is 1. The summed E-state index contributed by atoms with van der Waals surface area (Å²) in [5.74, 6) is 0.131. The zero-order valence-electron chi connectivity index (χ0n) is 16.4. The molecule has 2 heterocycles. The number of carboxylic acid groups (broad SMARTS) is 1. The minimum atomic E-state index is -0.958. The summed E-state index contributed by atoms with van der Waals surface area (Å²) < 4.78 is 7.48. The van der Waals surface area contributed by atoms with Crippen LogP contribution in [0.2, 0.25) is 0 Å². The second kappa shape index (κ2) is 7.73. The number of carbonyl (C=O) groups is 1. The number of anilines is 1. The van der Waals surface area contributed by atoms with Gasteiger partial charge in [0.2, 0.25) is 0 Å². The van der Waals surface area contributed by atoms with E-state index in [4.69, 9.17) is 15.6 Å². The minimum Gasteiger partial charge on any atom is -0.481 e. The van der Waals surface area contributed by atoms with Crippen LogP contribution in [0.3, 0.4) is 0 Å². The van der Waals surface area contributed by atoms with Crippen LogP contribution < -0.4 is 5.73 Å². The predicted octanol–water partition coefficient (Wildman–Crippen LogP) is 2.49. The molecule has 2 aromatic heterocycles. The van der Waals surface area contributed by atoms with Gasteiger partial charge in [-0.15, -0.1) is 0 Å². The second-order valence-corrected chi connectivity index (χ2v) is 7.50.